The van der Waals surface area contributed by atoms with Crippen molar-refractivity contribution >= 4 is 5.91 Å². The van der Waals surface area contributed by atoms with Gasteiger partial charge in [-0.1, -0.05) is 30.3 Å². The van der Waals surface area contributed by atoms with E-state index in [0.717, 1.165) is 17.0 Å². The van der Waals surface area contributed by atoms with Crippen LogP contribution in [0.3, 0.4) is 0 Å². The summed E-state index contributed by atoms with van der Waals surface area (Å²) in [6.45, 7) is 4.04. The molecule has 1 aromatic heterocycles. The molecule has 0 saturated heterocycles. The van der Waals surface area contributed by atoms with E-state index in [2.05, 4.69) is 9.97 Å². The minimum Gasteiger partial charge on any atom is -0.381 e. The number of rotatable bonds is 2. The predicted octanol–water partition coefficient (Wildman–Crippen LogP) is 1.65. The lowest BCUT2D eigenvalue weighted by molar-refractivity contribution is -0.149. The minimum atomic E-state index is -1.36. The lowest BCUT2D eigenvalue weighted by Crippen LogP contribution is -2.48. The van der Waals surface area contributed by atoms with Gasteiger partial charge in [0.25, 0.3) is 5.91 Å². The van der Waals surface area contributed by atoms with Crippen molar-refractivity contribution in [3.05, 3.63) is 53.6 Å². The predicted molar refractivity (Wildman–Crippen MR) is 78.6 cm³/mol. The first-order valence-electron chi connectivity index (χ1n) is 7.05. The number of fused-ring (bicyclic) bond motifs is 1. The van der Waals surface area contributed by atoms with E-state index in [4.69, 9.17) is 0 Å². The molecule has 0 radical (unpaired) electrons. The molecule has 1 aliphatic rings. The van der Waals surface area contributed by atoms with Gasteiger partial charge in [-0.15, -0.1) is 0 Å². The van der Waals surface area contributed by atoms with E-state index in [1.165, 1.54) is 13.8 Å². The van der Waals surface area contributed by atoms with Crippen LogP contribution in [0, 0.1) is 0 Å². The summed E-state index contributed by atoms with van der Waals surface area (Å²) in [5.41, 5.74) is 1.69. The van der Waals surface area contributed by atoms with E-state index in [1.54, 1.807) is 11.2 Å². The number of aliphatic hydroxyl groups is 1. The number of nitrogens with one attached hydrogen (secondary N) is 1. The molecule has 1 aliphatic heterocycles. The highest BCUT2D eigenvalue weighted by atomic mass is 16.3. The summed E-state index contributed by atoms with van der Waals surface area (Å²) in [6.07, 6.45) is 1.67. The number of benzene rings is 1. The van der Waals surface area contributed by atoms with Crippen LogP contribution in [0.15, 0.2) is 36.7 Å². The molecule has 1 amide bonds. The number of hydrogen-bond acceptors (Lipinski definition) is 3. The molecule has 5 nitrogen and oxygen atoms in total. The molecule has 2 heterocycles. The Morgan fingerprint density at radius 3 is 2.76 bits per heavy atom. The Morgan fingerprint density at radius 1 is 1.38 bits per heavy atom. The standard InChI is InChI=1S/C16H19N3O2/c1-16(2,21)15(20)19-8-12(11-6-4-3-5-7-11)14-13(9-19)17-10-18-14/h3-7,10,12,21H,8-9H2,1-2H3,(H,17,18). The third-order valence-electron chi connectivity index (χ3n) is 3.85. The van der Waals surface area contributed by atoms with E-state index < -0.39 is 5.60 Å². The molecule has 5 heteroatoms. The molecule has 1 atom stereocenters. The van der Waals surface area contributed by atoms with Crippen LogP contribution in [0.2, 0.25) is 0 Å². The summed E-state index contributed by atoms with van der Waals surface area (Å²) >= 11 is 0. The van der Waals surface area contributed by atoms with E-state index in [1.807, 2.05) is 30.3 Å². The topological polar surface area (TPSA) is 69.2 Å². The Hall–Kier alpha value is -2.14. The first kappa shape index (κ1) is 13.8. The highest BCUT2D eigenvalue weighted by Gasteiger charge is 2.36. The molecular weight excluding hydrogens is 266 g/mol. The van der Waals surface area contributed by atoms with Gasteiger partial charge in [-0.05, 0) is 19.4 Å². The first-order valence-corrected chi connectivity index (χ1v) is 7.05. The second-order valence-electron chi connectivity index (χ2n) is 5.97. The summed E-state index contributed by atoms with van der Waals surface area (Å²) in [5.74, 6) is -0.226. The Morgan fingerprint density at radius 2 is 2.10 bits per heavy atom. The molecule has 0 bridgehead atoms. The zero-order chi connectivity index (χ0) is 15.0. The summed E-state index contributed by atoms with van der Waals surface area (Å²) in [6, 6.07) is 10.0. The minimum absolute atomic E-state index is 0.0347. The number of amides is 1. The van der Waals surface area contributed by atoms with E-state index in [-0.39, 0.29) is 11.8 Å². The summed E-state index contributed by atoms with van der Waals surface area (Å²) in [5, 5.41) is 9.98. The second-order valence-corrected chi connectivity index (χ2v) is 5.97. The fourth-order valence-corrected chi connectivity index (χ4v) is 2.81. The van der Waals surface area contributed by atoms with Crippen molar-refractivity contribution < 1.29 is 9.90 Å². The smallest absolute Gasteiger partial charge is 0.254 e. The van der Waals surface area contributed by atoms with Crippen LogP contribution in [-0.2, 0) is 11.3 Å². The van der Waals surface area contributed by atoms with Crippen molar-refractivity contribution in [1.82, 2.24) is 14.9 Å². The number of carbonyl (C=O) groups excluding carboxylic acids is 1. The number of carbonyl (C=O) groups is 1. The molecule has 21 heavy (non-hydrogen) atoms. The van der Waals surface area contributed by atoms with Crippen molar-refractivity contribution in [2.75, 3.05) is 6.54 Å². The van der Waals surface area contributed by atoms with Crippen LogP contribution in [0.1, 0.15) is 36.7 Å². The fourth-order valence-electron chi connectivity index (χ4n) is 2.81. The number of imidazole rings is 1. The maximum atomic E-state index is 12.4. The Bertz CT molecular complexity index is 643. The fraction of sp³-hybridized carbons (Fsp3) is 0.375. The van der Waals surface area contributed by atoms with Gasteiger partial charge in [0, 0.05) is 12.5 Å². The number of hydrogen-bond donors (Lipinski definition) is 2. The molecule has 0 fully saturated rings. The van der Waals surface area contributed by atoms with Crippen LogP contribution >= 0.6 is 0 Å². The van der Waals surface area contributed by atoms with Crippen molar-refractivity contribution in [3.63, 3.8) is 0 Å². The van der Waals surface area contributed by atoms with Crippen LogP contribution in [0.5, 0.6) is 0 Å². The Labute approximate surface area is 123 Å². The molecule has 0 saturated carbocycles. The lowest BCUT2D eigenvalue weighted by atomic mass is 9.90. The lowest BCUT2D eigenvalue weighted by Gasteiger charge is -2.35. The van der Waals surface area contributed by atoms with Crippen LogP contribution in [-0.4, -0.2) is 38.0 Å². The Balaban J connectivity index is 1.97. The molecule has 2 aromatic rings. The number of H-pyrrole nitrogens is 1. The Kier molecular flexibility index (Phi) is 3.29. The van der Waals surface area contributed by atoms with Gasteiger partial charge in [-0.2, -0.15) is 0 Å². The van der Waals surface area contributed by atoms with Crippen molar-refractivity contribution in [1.29, 1.82) is 0 Å². The van der Waals surface area contributed by atoms with Gasteiger partial charge in [-0.25, -0.2) is 4.98 Å². The normalized spacial score (nSPS) is 18.4. The molecule has 0 spiro atoms. The highest BCUT2D eigenvalue weighted by molar-refractivity contribution is 5.84. The van der Waals surface area contributed by atoms with Gasteiger partial charge in [0.05, 0.1) is 24.3 Å². The SMILES string of the molecule is CC(C)(O)C(=O)N1Cc2[nH]cnc2C(c2ccccc2)C1. The third-order valence-corrected chi connectivity index (χ3v) is 3.85. The van der Waals surface area contributed by atoms with Crippen LogP contribution in [0.4, 0.5) is 0 Å². The van der Waals surface area contributed by atoms with Gasteiger partial charge in [0.15, 0.2) is 0 Å². The largest absolute Gasteiger partial charge is 0.381 e. The van der Waals surface area contributed by atoms with Crippen LogP contribution < -0.4 is 0 Å². The monoisotopic (exact) mass is 285 g/mol. The third kappa shape index (κ3) is 2.56. The summed E-state index contributed by atoms with van der Waals surface area (Å²) < 4.78 is 0. The van der Waals surface area contributed by atoms with Crippen molar-refractivity contribution in [2.24, 2.45) is 0 Å². The van der Waals surface area contributed by atoms with E-state index in [9.17, 15) is 9.90 Å². The summed E-state index contributed by atoms with van der Waals surface area (Å²) in [4.78, 5) is 21.6. The molecular formula is C16H19N3O2. The average Bonchev–Trinajstić information content (AvgIpc) is 2.93. The van der Waals surface area contributed by atoms with Crippen LogP contribution in [0.25, 0.3) is 0 Å². The average molecular weight is 285 g/mol. The molecule has 1 unspecified atom stereocenters. The molecule has 1 aromatic carbocycles. The number of aromatic amines is 1. The van der Waals surface area contributed by atoms with E-state index >= 15 is 0 Å². The van der Waals surface area contributed by atoms with E-state index in [0.29, 0.717) is 13.1 Å². The first-order chi connectivity index (χ1) is 9.97. The zero-order valence-electron chi connectivity index (χ0n) is 12.2. The van der Waals surface area contributed by atoms with Gasteiger partial charge < -0.3 is 15.0 Å². The second kappa shape index (κ2) is 5.00. The molecule has 2 N–H and O–H groups in total. The van der Waals surface area contributed by atoms with Gasteiger partial charge in [0.1, 0.15) is 5.60 Å². The molecule has 110 valence electrons. The molecule has 0 aliphatic carbocycles. The number of nitrogens with zero attached hydrogens (tertiary/aromatic N) is 2. The van der Waals surface area contributed by atoms with Gasteiger partial charge >= 0.3 is 0 Å². The highest BCUT2D eigenvalue weighted by Crippen LogP contribution is 2.32. The van der Waals surface area contributed by atoms with Gasteiger partial charge in [0.2, 0.25) is 0 Å². The molecule has 3 rings (SSSR count). The summed E-state index contributed by atoms with van der Waals surface area (Å²) in [7, 11) is 0. The van der Waals surface area contributed by atoms with Crippen molar-refractivity contribution in [3.8, 4) is 0 Å². The van der Waals surface area contributed by atoms with Crippen molar-refractivity contribution in [2.45, 2.75) is 31.9 Å². The quantitative estimate of drug-likeness (QED) is 0.881. The number of aromatic nitrogens is 2. The maximum Gasteiger partial charge on any atom is 0.254 e. The maximum absolute atomic E-state index is 12.4. The zero-order valence-corrected chi connectivity index (χ0v) is 12.2. The van der Waals surface area contributed by atoms with Gasteiger partial charge in [-0.3, -0.25) is 4.79 Å².